The van der Waals surface area contributed by atoms with Gasteiger partial charge in [0.25, 0.3) is 0 Å². The lowest BCUT2D eigenvalue weighted by atomic mass is 9.85. The molecule has 4 rings (SSSR count). The number of thiophene rings is 1. The average Bonchev–Trinajstić information content (AvgIpc) is 3.60. The number of benzene rings is 2. The van der Waals surface area contributed by atoms with Crippen molar-refractivity contribution in [2.75, 3.05) is 6.54 Å². The lowest BCUT2D eigenvalue weighted by molar-refractivity contribution is -0.129. The maximum Gasteiger partial charge on any atom is 0.334 e. The summed E-state index contributed by atoms with van der Waals surface area (Å²) in [6.45, 7) is 0.664. The first kappa shape index (κ1) is 27.6. The van der Waals surface area contributed by atoms with Crippen molar-refractivity contribution >= 4 is 39.2 Å². The summed E-state index contributed by atoms with van der Waals surface area (Å²) in [6, 6.07) is 17.8. The molecule has 0 aliphatic carbocycles. The third-order valence-electron chi connectivity index (χ3n) is 6.36. The van der Waals surface area contributed by atoms with Crippen molar-refractivity contribution in [1.29, 1.82) is 5.41 Å². The summed E-state index contributed by atoms with van der Waals surface area (Å²) in [4.78, 5) is 28.3. The number of hydrogen-bond donors (Lipinski definition) is 6. The van der Waals surface area contributed by atoms with Crippen molar-refractivity contribution in [3.05, 3.63) is 93.7 Å². The van der Waals surface area contributed by atoms with Crippen LogP contribution in [0.4, 0.5) is 0 Å². The third-order valence-corrected chi connectivity index (χ3v) is 8.10. The van der Waals surface area contributed by atoms with Gasteiger partial charge in [0.1, 0.15) is 17.9 Å². The molecule has 200 valence electrons. The third kappa shape index (κ3) is 6.71. The van der Waals surface area contributed by atoms with E-state index in [4.69, 9.17) is 11.1 Å². The largest absolute Gasteiger partial charge is 0.383 e. The Morgan fingerprint density at radius 1 is 1.03 bits per heavy atom. The molecule has 1 aliphatic heterocycles. The van der Waals surface area contributed by atoms with Gasteiger partial charge in [-0.05, 0) is 42.6 Å². The monoisotopic (exact) mass is 555 g/mol. The quantitative estimate of drug-likeness (QED) is 0.119. The molecule has 0 bridgehead atoms. The first-order valence-corrected chi connectivity index (χ1v) is 14.3. The number of nitrogen functional groups attached to an aromatic ring is 1. The molecule has 12 heteroatoms. The van der Waals surface area contributed by atoms with Crippen LogP contribution in [0.5, 0.6) is 0 Å². The number of carbonyl (C=O) groups excluding carboxylic acids is 2. The van der Waals surface area contributed by atoms with Crippen LogP contribution < -0.4 is 21.1 Å². The second kappa shape index (κ2) is 12.0. The van der Waals surface area contributed by atoms with Crippen LogP contribution in [0.15, 0.2) is 72.8 Å². The normalized spacial score (nSPS) is 17.2. The van der Waals surface area contributed by atoms with Crippen LogP contribution in [0.25, 0.3) is 0 Å². The highest BCUT2D eigenvalue weighted by molar-refractivity contribution is 7.83. The minimum absolute atomic E-state index is 0.170. The van der Waals surface area contributed by atoms with Gasteiger partial charge in [-0.15, -0.1) is 11.3 Å². The van der Waals surface area contributed by atoms with E-state index in [1.807, 2.05) is 0 Å². The van der Waals surface area contributed by atoms with Crippen LogP contribution in [0.2, 0.25) is 0 Å². The molecule has 1 saturated heterocycles. The standard InChI is InChI=1S/C26H29N5O5S2/c27-25(28)20-14-13-19(37-20)22(24(32)18-12-7-15-29-18)30-26(33)23(31-38(34,35)36)21(16-8-3-1-4-9-16)17-10-5-2-6-11-17/h1-6,8-11,13-14,18,21-23,29,31H,7,12,15H2,(H3,27,28)(H,30,33)(H,34,35,36)/t18-,22?,23+/m0/s1. The van der Waals surface area contributed by atoms with Gasteiger partial charge in [0.05, 0.1) is 10.9 Å². The molecule has 0 radical (unpaired) electrons. The number of amides is 1. The van der Waals surface area contributed by atoms with Crippen molar-refractivity contribution in [2.45, 2.75) is 36.9 Å². The van der Waals surface area contributed by atoms with E-state index < -0.39 is 40.3 Å². The number of nitrogens with one attached hydrogen (secondary N) is 4. The van der Waals surface area contributed by atoms with Gasteiger partial charge in [0.15, 0.2) is 5.78 Å². The molecule has 10 nitrogen and oxygen atoms in total. The van der Waals surface area contributed by atoms with Crippen molar-refractivity contribution in [3.63, 3.8) is 0 Å². The summed E-state index contributed by atoms with van der Waals surface area (Å²) in [6.07, 6.45) is 1.40. The Morgan fingerprint density at radius 3 is 2.11 bits per heavy atom. The summed E-state index contributed by atoms with van der Waals surface area (Å²) in [5.74, 6) is -2.07. The summed E-state index contributed by atoms with van der Waals surface area (Å²) < 4.78 is 35.9. The summed E-state index contributed by atoms with van der Waals surface area (Å²) in [5.41, 5.74) is 6.88. The fourth-order valence-electron chi connectivity index (χ4n) is 4.63. The van der Waals surface area contributed by atoms with Crippen molar-refractivity contribution in [2.24, 2.45) is 5.73 Å². The average molecular weight is 556 g/mol. The molecule has 2 heterocycles. The highest BCUT2D eigenvalue weighted by Gasteiger charge is 2.38. The number of rotatable bonds is 11. The van der Waals surface area contributed by atoms with Gasteiger partial charge in [-0.25, -0.2) is 0 Å². The lowest BCUT2D eigenvalue weighted by Gasteiger charge is -2.29. The minimum Gasteiger partial charge on any atom is -0.383 e. The molecule has 0 spiro atoms. The maximum atomic E-state index is 13.9. The van der Waals surface area contributed by atoms with Gasteiger partial charge in [-0.1, -0.05) is 60.7 Å². The van der Waals surface area contributed by atoms with Crippen LogP contribution in [0.1, 0.15) is 45.7 Å². The van der Waals surface area contributed by atoms with E-state index in [9.17, 15) is 22.6 Å². The molecular weight excluding hydrogens is 526 g/mol. The number of hydrogen-bond acceptors (Lipinski definition) is 7. The molecule has 1 aliphatic rings. The molecule has 3 atom stereocenters. The Kier molecular flexibility index (Phi) is 8.69. The van der Waals surface area contributed by atoms with Crippen molar-refractivity contribution < 1.29 is 22.6 Å². The number of amidine groups is 1. The number of Topliss-reactive ketones (excluding diaryl/α,β-unsaturated/α-hetero) is 1. The van der Waals surface area contributed by atoms with E-state index in [-0.39, 0.29) is 11.6 Å². The Hall–Kier alpha value is -3.42. The predicted octanol–water partition coefficient (Wildman–Crippen LogP) is 2.10. The Morgan fingerprint density at radius 2 is 1.63 bits per heavy atom. The zero-order valence-corrected chi connectivity index (χ0v) is 22.0. The van der Waals surface area contributed by atoms with E-state index >= 15 is 0 Å². The molecule has 2 aromatic carbocycles. The number of ketones is 1. The van der Waals surface area contributed by atoms with E-state index in [2.05, 4.69) is 15.4 Å². The molecule has 1 fully saturated rings. The number of carbonyl (C=O) groups is 2. The van der Waals surface area contributed by atoms with Crippen LogP contribution in [0, 0.1) is 5.41 Å². The Balaban J connectivity index is 1.75. The first-order chi connectivity index (χ1) is 18.1. The van der Waals surface area contributed by atoms with Gasteiger partial charge in [-0.3, -0.25) is 19.6 Å². The summed E-state index contributed by atoms with van der Waals surface area (Å²) >= 11 is 1.10. The smallest absolute Gasteiger partial charge is 0.334 e. The van der Waals surface area contributed by atoms with Crippen LogP contribution >= 0.6 is 11.3 Å². The van der Waals surface area contributed by atoms with Crippen molar-refractivity contribution in [1.82, 2.24) is 15.4 Å². The minimum atomic E-state index is -4.82. The van der Waals surface area contributed by atoms with E-state index in [1.54, 1.807) is 72.8 Å². The molecule has 0 saturated carbocycles. The predicted molar refractivity (Wildman–Crippen MR) is 145 cm³/mol. The van der Waals surface area contributed by atoms with Gasteiger partial charge >= 0.3 is 10.3 Å². The Bertz CT molecular complexity index is 1350. The fraction of sp³-hybridized carbons (Fsp3) is 0.269. The lowest BCUT2D eigenvalue weighted by Crippen LogP contribution is -2.52. The molecule has 7 N–H and O–H groups in total. The Labute approximate surface area is 225 Å². The fourth-order valence-corrected chi connectivity index (χ4v) is 6.12. The molecule has 1 amide bonds. The molecule has 1 aromatic heterocycles. The van der Waals surface area contributed by atoms with Gasteiger partial charge in [0.2, 0.25) is 5.91 Å². The molecule has 3 aromatic rings. The van der Waals surface area contributed by atoms with Gasteiger partial charge in [0, 0.05) is 10.8 Å². The van der Waals surface area contributed by atoms with Gasteiger partial charge in [-0.2, -0.15) is 13.1 Å². The first-order valence-electron chi connectivity index (χ1n) is 12.0. The van der Waals surface area contributed by atoms with E-state index in [0.29, 0.717) is 33.8 Å². The van der Waals surface area contributed by atoms with E-state index in [1.165, 1.54) is 0 Å². The van der Waals surface area contributed by atoms with Gasteiger partial charge < -0.3 is 16.4 Å². The summed E-state index contributed by atoms with van der Waals surface area (Å²) in [5, 5.41) is 13.6. The second-order valence-corrected chi connectivity index (χ2v) is 11.3. The van der Waals surface area contributed by atoms with Crippen LogP contribution in [-0.2, 0) is 19.9 Å². The molecule has 1 unspecified atom stereocenters. The zero-order chi connectivity index (χ0) is 27.3. The van der Waals surface area contributed by atoms with Crippen LogP contribution in [0.3, 0.4) is 0 Å². The molecular formula is C26H29N5O5S2. The highest BCUT2D eigenvalue weighted by atomic mass is 32.2. The molecule has 38 heavy (non-hydrogen) atoms. The highest BCUT2D eigenvalue weighted by Crippen LogP contribution is 2.31. The van der Waals surface area contributed by atoms with Crippen molar-refractivity contribution in [3.8, 4) is 0 Å². The van der Waals surface area contributed by atoms with E-state index in [0.717, 1.165) is 17.8 Å². The maximum absolute atomic E-state index is 13.9. The van der Waals surface area contributed by atoms with Crippen LogP contribution in [-0.4, -0.2) is 49.1 Å². The zero-order valence-electron chi connectivity index (χ0n) is 20.3. The topological polar surface area (TPSA) is 174 Å². The second-order valence-electron chi connectivity index (χ2n) is 8.98. The number of nitrogens with two attached hydrogens (primary N) is 1. The summed E-state index contributed by atoms with van der Waals surface area (Å²) in [7, 11) is -4.82. The SMILES string of the molecule is N=C(N)c1ccc(C(NC(=O)[C@H](NS(=O)(=O)O)C(c2ccccc2)c2ccccc2)C(=O)[C@@H]2CCCN2)s1.